The predicted octanol–water partition coefficient (Wildman–Crippen LogP) is 2.94. The van der Waals surface area contributed by atoms with Crippen LogP contribution in [0.25, 0.3) is 0 Å². The SMILES string of the molecule is Cc1nc(OCCNC(=O)c2ccc(Br)o2)cc(N2CCCCC2)n1. The lowest BCUT2D eigenvalue weighted by atomic mass is 10.1. The van der Waals surface area contributed by atoms with Gasteiger partial charge in [0.2, 0.25) is 5.88 Å². The number of hydrogen-bond donors (Lipinski definition) is 1. The first kappa shape index (κ1) is 17.7. The molecule has 1 N–H and O–H groups in total. The van der Waals surface area contributed by atoms with Gasteiger partial charge in [-0.25, -0.2) is 4.98 Å². The van der Waals surface area contributed by atoms with Crippen LogP contribution in [0.15, 0.2) is 27.3 Å². The van der Waals surface area contributed by atoms with Gasteiger partial charge in [-0.3, -0.25) is 4.79 Å². The molecule has 2 aromatic heterocycles. The monoisotopic (exact) mass is 408 g/mol. The predicted molar refractivity (Wildman–Crippen MR) is 97.1 cm³/mol. The molecule has 134 valence electrons. The van der Waals surface area contributed by atoms with Crippen LogP contribution in [0.5, 0.6) is 5.88 Å². The van der Waals surface area contributed by atoms with Crippen LogP contribution in [-0.4, -0.2) is 42.1 Å². The zero-order valence-corrected chi connectivity index (χ0v) is 15.7. The van der Waals surface area contributed by atoms with Crippen molar-refractivity contribution >= 4 is 27.7 Å². The molecule has 8 heteroatoms. The molecule has 3 heterocycles. The third-order valence-corrected chi connectivity index (χ3v) is 4.34. The second-order valence-electron chi connectivity index (χ2n) is 5.87. The third kappa shape index (κ3) is 4.94. The summed E-state index contributed by atoms with van der Waals surface area (Å²) in [6.07, 6.45) is 3.65. The van der Waals surface area contributed by atoms with Gasteiger partial charge in [-0.05, 0) is 54.2 Å². The Balaban J connectivity index is 1.51. The lowest BCUT2D eigenvalue weighted by molar-refractivity contribution is 0.0917. The Hall–Kier alpha value is -2.09. The summed E-state index contributed by atoms with van der Waals surface area (Å²) in [7, 11) is 0. The average Bonchev–Trinajstić information content (AvgIpc) is 3.05. The number of aromatic nitrogens is 2. The molecule has 3 rings (SSSR count). The fraction of sp³-hybridized carbons (Fsp3) is 0.471. The number of aryl methyl sites for hydroxylation is 1. The maximum atomic E-state index is 11.9. The standard InChI is InChI=1S/C17H21BrN4O3/c1-12-20-15(22-8-3-2-4-9-22)11-16(21-12)24-10-7-19-17(23)13-5-6-14(18)25-13/h5-6,11H,2-4,7-10H2,1H3,(H,19,23). The van der Waals surface area contributed by atoms with E-state index in [2.05, 4.69) is 36.1 Å². The van der Waals surface area contributed by atoms with Gasteiger partial charge >= 0.3 is 0 Å². The minimum Gasteiger partial charge on any atom is -0.476 e. The number of amides is 1. The van der Waals surface area contributed by atoms with Gasteiger partial charge in [-0.2, -0.15) is 4.98 Å². The molecule has 0 bridgehead atoms. The van der Waals surface area contributed by atoms with Crippen molar-refractivity contribution in [1.82, 2.24) is 15.3 Å². The Morgan fingerprint density at radius 1 is 1.32 bits per heavy atom. The molecule has 1 aliphatic rings. The number of piperidine rings is 1. The number of hydrogen-bond acceptors (Lipinski definition) is 6. The number of halogens is 1. The van der Waals surface area contributed by atoms with E-state index in [1.54, 1.807) is 12.1 Å². The van der Waals surface area contributed by atoms with Crippen molar-refractivity contribution in [3.05, 3.63) is 34.5 Å². The van der Waals surface area contributed by atoms with E-state index in [9.17, 15) is 4.79 Å². The molecule has 1 aliphatic heterocycles. The number of ether oxygens (including phenoxy) is 1. The summed E-state index contributed by atoms with van der Waals surface area (Å²) in [5.41, 5.74) is 0. The maximum Gasteiger partial charge on any atom is 0.287 e. The zero-order chi connectivity index (χ0) is 17.6. The smallest absolute Gasteiger partial charge is 0.287 e. The summed E-state index contributed by atoms with van der Waals surface area (Å²) in [5.74, 6) is 2.11. The van der Waals surface area contributed by atoms with E-state index in [1.165, 1.54) is 19.3 Å². The van der Waals surface area contributed by atoms with Gasteiger partial charge in [-0.1, -0.05) is 0 Å². The number of carbonyl (C=O) groups is 1. The van der Waals surface area contributed by atoms with Crippen molar-refractivity contribution in [1.29, 1.82) is 0 Å². The lowest BCUT2D eigenvalue weighted by Crippen LogP contribution is -2.30. The molecule has 0 aliphatic carbocycles. The highest BCUT2D eigenvalue weighted by molar-refractivity contribution is 9.10. The summed E-state index contributed by atoms with van der Waals surface area (Å²) in [5, 5.41) is 2.74. The summed E-state index contributed by atoms with van der Waals surface area (Å²) >= 11 is 3.17. The largest absolute Gasteiger partial charge is 0.476 e. The summed E-state index contributed by atoms with van der Waals surface area (Å²) in [4.78, 5) is 22.9. The highest BCUT2D eigenvalue weighted by atomic mass is 79.9. The van der Waals surface area contributed by atoms with Gasteiger partial charge in [0.05, 0.1) is 6.54 Å². The highest BCUT2D eigenvalue weighted by Crippen LogP contribution is 2.21. The molecular formula is C17H21BrN4O3. The molecule has 7 nitrogen and oxygen atoms in total. The number of nitrogens with zero attached hydrogens (tertiary/aromatic N) is 3. The van der Waals surface area contributed by atoms with Crippen LogP contribution in [0.4, 0.5) is 5.82 Å². The number of anilines is 1. The van der Waals surface area contributed by atoms with E-state index in [0.29, 0.717) is 29.5 Å². The van der Waals surface area contributed by atoms with Crippen molar-refractivity contribution in [2.75, 3.05) is 31.1 Å². The first-order valence-electron chi connectivity index (χ1n) is 8.39. The van der Waals surface area contributed by atoms with Gasteiger partial charge in [0.1, 0.15) is 18.2 Å². The topological polar surface area (TPSA) is 80.5 Å². The first-order valence-corrected chi connectivity index (χ1v) is 9.18. The van der Waals surface area contributed by atoms with Crippen molar-refractivity contribution in [3.8, 4) is 5.88 Å². The second-order valence-corrected chi connectivity index (χ2v) is 6.65. The van der Waals surface area contributed by atoms with Crippen LogP contribution < -0.4 is 15.0 Å². The molecule has 0 atom stereocenters. The van der Waals surface area contributed by atoms with E-state index in [4.69, 9.17) is 9.15 Å². The van der Waals surface area contributed by atoms with E-state index >= 15 is 0 Å². The second kappa shape index (κ2) is 8.33. The number of carbonyl (C=O) groups excluding carboxylic acids is 1. The van der Waals surface area contributed by atoms with Crippen LogP contribution in [0.1, 0.15) is 35.6 Å². The highest BCUT2D eigenvalue weighted by Gasteiger charge is 2.14. The Bertz CT molecular complexity index is 728. The van der Waals surface area contributed by atoms with E-state index in [1.807, 2.05) is 13.0 Å². The average molecular weight is 409 g/mol. The molecule has 1 fully saturated rings. The Kier molecular flexibility index (Phi) is 5.91. The van der Waals surface area contributed by atoms with Crippen LogP contribution in [0.2, 0.25) is 0 Å². The molecule has 0 spiro atoms. The van der Waals surface area contributed by atoms with Crippen LogP contribution >= 0.6 is 15.9 Å². The Morgan fingerprint density at radius 3 is 2.84 bits per heavy atom. The number of furan rings is 1. The normalized spacial score (nSPS) is 14.4. The van der Waals surface area contributed by atoms with Gasteiger partial charge in [-0.15, -0.1) is 0 Å². The van der Waals surface area contributed by atoms with E-state index in [-0.39, 0.29) is 11.7 Å². The lowest BCUT2D eigenvalue weighted by Gasteiger charge is -2.28. The fourth-order valence-electron chi connectivity index (χ4n) is 2.73. The molecule has 2 aromatic rings. The fourth-order valence-corrected chi connectivity index (χ4v) is 3.03. The van der Waals surface area contributed by atoms with Crippen molar-refractivity contribution in [2.24, 2.45) is 0 Å². The van der Waals surface area contributed by atoms with Crippen molar-refractivity contribution in [3.63, 3.8) is 0 Å². The van der Waals surface area contributed by atoms with Crippen LogP contribution in [-0.2, 0) is 0 Å². The van der Waals surface area contributed by atoms with Crippen LogP contribution in [0, 0.1) is 6.92 Å². The summed E-state index contributed by atoms with van der Waals surface area (Å²) in [6, 6.07) is 5.15. The third-order valence-electron chi connectivity index (χ3n) is 3.92. The van der Waals surface area contributed by atoms with E-state index in [0.717, 1.165) is 18.9 Å². The van der Waals surface area contributed by atoms with Crippen LogP contribution in [0.3, 0.4) is 0 Å². The zero-order valence-electron chi connectivity index (χ0n) is 14.1. The Labute approximate surface area is 154 Å². The molecule has 0 saturated carbocycles. The molecule has 1 saturated heterocycles. The molecule has 25 heavy (non-hydrogen) atoms. The molecule has 0 unspecified atom stereocenters. The van der Waals surface area contributed by atoms with Crippen molar-refractivity contribution < 1.29 is 13.9 Å². The van der Waals surface area contributed by atoms with E-state index < -0.39 is 0 Å². The Morgan fingerprint density at radius 2 is 2.12 bits per heavy atom. The summed E-state index contributed by atoms with van der Waals surface area (Å²) in [6.45, 7) is 4.58. The maximum absolute atomic E-state index is 11.9. The molecule has 0 aromatic carbocycles. The molecular weight excluding hydrogens is 388 g/mol. The number of rotatable bonds is 6. The molecule has 0 radical (unpaired) electrons. The molecule has 1 amide bonds. The quantitative estimate of drug-likeness (QED) is 0.739. The minimum atomic E-state index is -0.276. The number of nitrogens with one attached hydrogen (secondary N) is 1. The van der Waals surface area contributed by atoms with Gasteiger partial charge in [0.25, 0.3) is 5.91 Å². The van der Waals surface area contributed by atoms with Gasteiger partial charge < -0.3 is 19.4 Å². The van der Waals surface area contributed by atoms with Crippen molar-refractivity contribution in [2.45, 2.75) is 26.2 Å². The van der Waals surface area contributed by atoms with Gasteiger partial charge in [0, 0.05) is 19.2 Å². The first-order chi connectivity index (χ1) is 12.1. The minimum absolute atomic E-state index is 0.261. The summed E-state index contributed by atoms with van der Waals surface area (Å²) < 4.78 is 11.4. The van der Waals surface area contributed by atoms with Gasteiger partial charge in [0.15, 0.2) is 10.4 Å².